The summed E-state index contributed by atoms with van der Waals surface area (Å²) in [6.45, 7) is 1.98. The number of hydrogen-bond donors (Lipinski definition) is 1. The lowest BCUT2D eigenvalue weighted by Crippen LogP contribution is -2.10. The summed E-state index contributed by atoms with van der Waals surface area (Å²) in [7, 11) is 0. The molecule has 1 saturated carbocycles. The predicted octanol–water partition coefficient (Wildman–Crippen LogP) is 2.41. The first kappa shape index (κ1) is 9.44. The molecular weight excluding hydrogens is 174 g/mol. The number of aromatic nitrogens is 2. The molecule has 0 saturated heterocycles. The van der Waals surface area contributed by atoms with Gasteiger partial charge < -0.3 is 5.73 Å². The standard InChI is InChI=1S/C11H17N3/c1-8-7-10(12)14-11(13-8)9-5-3-2-4-6-9/h7,9H,2-6H2,1H3,(H2,12,13,14). The van der Waals surface area contributed by atoms with Gasteiger partial charge in [-0.25, -0.2) is 9.97 Å². The third kappa shape index (κ3) is 2.03. The predicted molar refractivity (Wildman–Crippen MR) is 57.0 cm³/mol. The fourth-order valence-electron chi connectivity index (χ4n) is 2.16. The fraction of sp³-hybridized carbons (Fsp3) is 0.636. The van der Waals surface area contributed by atoms with Gasteiger partial charge in [-0.05, 0) is 19.8 Å². The first-order valence-corrected chi connectivity index (χ1v) is 5.37. The Labute approximate surface area is 84.8 Å². The summed E-state index contributed by atoms with van der Waals surface area (Å²) < 4.78 is 0. The van der Waals surface area contributed by atoms with Crippen molar-refractivity contribution in [1.82, 2.24) is 9.97 Å². The maximum absolute atomic E-state index is 5.71. The minimum absolute atomic E-state index is 0.547. The number of nitrogens with two attached hydrogens (primary N) is 1. The van der Waals surface area contributed by atoms with Crippen molar-refractivity contribution in [3.63, 3.8) is 0 Å². The molecule has 0 aliphatic heterocycles. The zero-order valence-corrected chi connectivity index (χ0v) is 8.66. The Balaban J connectivity index is 2.21. The van der Waals surface area contributed by atoms with Gasteiger partial charge in [-0.2, -0.15) is 0 Å². The smallest absolute Gasteiger partial charge is 0.134 e. The van der Waals surface area contributed by atoms with Gasteiger partial charge in [0.25, 0.3) is 0 Å². The highest BCUT2D eigenvalue weighted by atomic mass is 14.9. The molecule has 1 aromatic heterocycles. The lowest BCUT2D eigenvalue weighted by atomic mass is 9.88. The van der Waals surface area contributed by atoms with E-state index in [9.17, 15) is 0 Å². The summed E-state index contributed by atoms with van der Waals surface area (Å²) >= 11 is 0. The Morgan fingerprint density at radius 2 is 1.93 bits per heavy atom. The third-order valence-corrected chi connectivity index (χ3v) is 2.86. The van der Waals surface area contributed by atoms with Crippen molar-refractivity contribution in [1.29, 1.82) is 0 Å². The highest BCUT2D eigenvalue weighted by Gasteiger charge is 2.18. The molecule has 1 heterocycles. The molecule has 0 amide bonds. The van der Waals surface area contributed by atoms with Crippen molar-refractivity contribution in [2.75, 3.05) is 5.73 Å². The van der Waals surface area contributed by atoms with Crippen LogP contribution in [0.4, 0.5) is 5.82 Å². The average molecular weight is 191 g/mol. The lowest BCUT2D eigenvalue weighted by Gasteiger charge is -2.20. The van der Waals surface area contributed by atoms with E-state index in [1.54, 1.807) is 0 Å². The van der Waals surface area contributed by atoms with E-state index in [2.05, 4.69) is 9.97 Å². The molecule has 2 N–H and O–H groups in total. The summed E-state index contributed by atoms with van der Waals surface area (Å²) in [6.07, 6.45) is 6.42. The Morgan fingerprint density at radius 3 is 2.57 bits per heavy atom. The normalized spacial score (nSPS) is 18.4. The van der Waals surface area contributed by atoms with Crippen LogP contribution < -0.4 is 5.73 Å². The minimum Gasteiger partial charge on any atom is -0.384 e. The number of anilines is 1. The van der Waals surface area contributed by atoms with Crippen LogP contribution in [0.3, 0.4) is 0 Å². The number of aryl methyl sites for hydroxylation is 1. The third-order valence-electron chi connectivity index (χ3n) is 2.86. The highest BCUT2D eigenvalue weighted by Crippen LogP contribution is 2.30. The van der Waals surface area contributed by atoms with Crippen LogP contribution in [0.1, 0.15) is 49.5 Å². The molecule has 3 nitrogen and oxygen atoms in total. The van der Waals surface area contributed by atoms with E-state index in [1.807, 2.05) is 13.0 Å². The van der Waals surface area contributed by atoms with Gasteiger partial charge in [-0.1, -0.05) is 19.3 Å². The van der Waals surface area contributed by atoms with Gasteiger partial charge in [0.2, 0.25) is 0 Å². The molecule has 1 fully saturated rings. The average Bonchev–Trinajstić information content (AvgIpc) is 2.18. The van der Waals surface area contributed by atoms with Crippen molar-refractivity contribution in [2.45, 2.75) is 44.9 Å². The summed E-state index contributed by atoms with van der Waals surface area (Å²) in [5.41, 5.74) is 6.70. The molecule has 1 aliphatic carbocycles. The fourth-order valence-corrected chi connectivity index (χ4v) is 2.16. The van der Waals surface area contributed by atoms with Gasteiger partial charge in [0, 0.05) is 17.7 Å². The van der Waals surface area contributed by atoms with Gasteiger partial charge >= 0.3 is 0 Å². The maximum atomic E-state index is 5.71. The molecule has 0 bridgehead atoms. The van der Waals surface area contributed by atoms with E-state index >= 15 is 0 Å². The molecule has 1 aromatic rings. The van der Waals surface area contributed by atoms with Crippen molar-refractivity contribution < 1.29 is 0 Å². The van der Waals surface area contributed by atoms with E-state index < -0.39 is 0 Å². The molecule has 0 atom stereocenters. The van der Waals surface area contributed by atoms with E-state index in [4.69, 9.17) is 5.73 Å². The molecular formula is C11H17N3. The Hall–Kier alpha value is -1.12. The second-order valence-corrected chi connectivity index (χ2v) is 4.13. The Bertz CT molecular complexity index is 296. The molecule has 0 unspecified atom stereocenters. The maximum Gasteiger partial charge on any atom is 0.134 e. The summed E-state index contributed by atoms with van der Waals surface area (Å²) in [5.74, 6) is 2.12. The lowest BCUT2D eigenvalue weighted by molar-refractivity contribution is 0.428. The largest absolute Gasteiger partial charge is 0.384 e. The van der Waals surface area contributed by atoms with Gasteiger partial charge in [-0.3, -0.25) is 0 Å². The summed E-state index contributed by atoms with van der Waals surface area (Å²) in [4.78, 5) is 8.79. The Morgan fingerprint density at radius 1 is 1.21 bits per heavy atom. The van der Waals surface area contributed by atoms with Crippen molar-refractivity contribution in [3.8, 4) is 0 Å². The van der Waals surface area contributed by atoms with E-state index in [1.165, 1.54) is 32.1 Å². The minimum atomic E-state index is 0.547. The molecule has 0 spiro atoms. The topological polar surface area (TPSA) is 51.8 Å². The van der Waals surface area contributed by atoms with Crippen LogP contribution >= 0.6 is 0 Å². The van der Waals surface area contributed by atoms with Gasteiger partial charge in [0.1, 0.15) is 11.6 Å². The first-order valence-electron chi connectivity index (χ1n) is 5.37. The van der Waals surface area contributed by atoms with Gasteiger partial charge in [0.15, 0.2) is 0 Å². The molecule has 1 aliphatic rings. The second-order valence-electron chi connectivity index (χ2n) is 4.13. The second kappa shape index (κ2) is 3.95. The number of nitrogen functional groups attached to an aromatic ring is 1. The van der Waals surface area contributed by atoms with Crippen molar-refractivity contribution in [2.24, 2.45) is 0 Å². The molecule has 3 heteroatoms. The van der Waals surface area contributed by atoms with Crippen LogP contribution in [0.15, 0.2) is 6.07 Å². The Kier molecular flexibility index (Phi) is 2.66. The zero-order chi connectivity index (χ0) is 9.97. The van der Waals surface area contributed by atoms with Crippen molar-refractivity contribution in [3.05, 3.63) is 17.6 Å². The molecule has 0 radical (unpaired) electrons. The number of nitrogens with zero attached hydrogens (tertiary/aromatic N) is 2. The SMILES string of the molecule is Cc1cc(N)nc(C2CCCCC2)n1. The van der Waals surface area contributed by atoms with Crippen LogP contribution in [-0.2, 0) is 0 Å². The van der Waals surface area contributed by atoms with Crippen LogP contribution in [0, 0.1) is 6.92 Å². The highest BCUT2D eigenvalue weighted by molar-refractivity contribution is 5.29. The summed E-state index contributed by atoms with van der Waals surface area (Å²) in [5, 5.41) is 0. The van der Waals surface area contributed by atoms with Crippen LogP contribution in [0.5, 0.6) is 0 Å². The van der Waals surface area contributed by atoms with Crippen LogP contribution in [-0.4, -0.2) is 9.97 Å². The monoisotopic (exact) mass is 191 g/mol. The van der Waals surface area contributed by atoms with Crippen LogP contribution in [0.2, 0.25) is 0 Å². The molecule has 2 rings (SSSR count). The molecule has 0 aromatic carbocycles. The number of rotatable bonds is 1. The van der Waals surface area contributed by atoms with E-state index in [-0.39, 0.29) is 0 Å². The summed E-state index contributed by atoms with van der Waals surface area (Å²) in [6, 6.07) is 1.83. The van der Waals surface area contributed by atoms with Gasteiger partial charge in [0.05, 0.1) is 0 Å². The number of hydrogen-bond acceptors (Lipinski definition) is 3. The molecule has 14 heavy (non-hydrogen) atoms. The molecule has 76 valence electrons. The van der Waals surface area contributed by atoms with E-state index in [0.717, 1.165) is 11.5 Å². The van der Waals surface area contributed by atoms with Crippen LogP contribution in [0.25, 0.3) is 0 Å². The quantitative estimate of drug-likeness (QED) is 0.741. The van der Waals surface area contributed by atoms with Gasteiger partial charge in [-0.15, -0.1) is 0 Å². The first-order chi connectivity index (χ1) is 6.75. The zero-order valence-electron chi connectivity index (χ0n) is 8.66. The van der Waals surface area contributed by atoms with Crippen molar-refractivity contribution >= 4 is 5.82 Å². The van der Waals surface area contributed by atoms with E-state index in [0.29, 0.717) is 11.7 Å².